The van der Waals surface area contributed by atoms with E-state index in [4.69, 9.17) is 11.6 Å². The summed E-state index contributed by atoms with van der Waals surface area (Å²) < 4.78 is 51.5. The highest BCUT2D eigenvalue weighted by molar-refractivity contribution is 7.93. The minimum Gasteiger partial charge on any atom is -0.348 e. The Hall–Kier alpha value is -2.88. The van der Waals surface area contributed by atoms with Crippen molar-refractivity contribution in [2.24, 2.45) is 0 Å². The van der Waals surface area contributed by atoms with Crippen molar-refractivity contribution in [2.75, 3.05) is 17.1 Å². The first-order valence-corrected chi connectivity index (χ1v) is 14.6. The summed E-state index contributed by atoms with van der Waals surface area (Å²) in [6.45, 7) is 3.28. The number of anilines is 1. The van der Waals surface area contributed by atoms with Crippen molar-refractivity contribution >= 4 is 43.1 Å². The molecule has 0 radical (unpaired) electrons. The van der Waals surface area contributed by atoms with E-state index in [9.17, 15) is 21.6 Å². The fourth-order valence-electron chi connectivity index (χ4n) is 3.50. The Morgan fingerprint density at radius 1 is 0.886 bits per heavy atom. The fourth-order valence-corrected chi connectivity index (χ4v) is 5.68. The van der Waals surface area contributed by atoms with E-state index >= 15 is 0 Å². The molecule has 0 spiro atoms. The molecule has 0 saturated carbocycles. The summed E-state index contributed by atoms with van der Waals surface area (Å²) in [6, 6.07) is 18.4. The number of rotatable bonds is 9. The van der Waals surface area contributed by atoms with Crippen LogP contribution in [0.2, 0.25) is 5.02 Å². The first-order valence-electron chi connectivity index (χ1n) is 10.9. The average Bonchev–Trinajstić information content (AvgIpc) is 2.81. The van der Waals surface area contributed by atoms with Crippen LogP contribution in [0.5, 0.6) is 0 Å². The maximum absolute atomic E-state index is 13.5. The van der Waals surface area contributed by atoms with E-state index in [0.717, 1.165) is 16.1 Å². The summed E-state index contributed by atoms with van der Waals surface area (Å²) in [5.41, 5.74) is 1.93. The molecule has 0 aliphatic carbocycles. The average molecular weight is 535 g/mol. The number of nitrogens with one attached hydrogen (secondary N) is 1. The number of carbonyl (C=O) groups excluding carboxylic acids is 1. The van der Waals surface area contributed by atoms with Gasteiger partial charge in [0.1, 0.15) is 6.54 Å². The normalized spacial score (nSPS) is 12.7. The summed E-state index contributed by atoms with van der Waals surface area (Å²) in [4.78, 5) is 13.3. The molecule has 1 N–H and O–H groups in total. The van der Waals surface area contributed by atoms with E-state index < -0.39 is 38.4 Å². The van der Waals surface area contributed by atoms with Crippen molar-refractivity contribution in [2.45, 2.75) is 36.1 Å². The van der Waals surface area contributed by atoms with Crippen LogP contribution in [0.25, 0.3) is 0 Å². The zero-order chi connectivity index (χ0) is 25.8. The molecule has 0 aliphatic rings. The van der Waals surface area contributed by atoms with Crippen molar-refractivity contribution in [1.82, 2.24) is 5.32 Å². The summed E-state index contributed by atoms with van der Waals surface area (Å²) in [7, 11) is -7.39. The van der Waals surface area contributed by atoms with Crippen LogP contribution < -0.4 is 9.62 Å². The molecule has 0 heterocycles. The van der Waals surface area contributed by atoms with Crippen molar-refractivity contribution in [3.05, 3.63) is 88.9 Å². The first kappa shape index (κ1) is 26.7. The lowest BCUT2D eigenvalue weighted by molar-refractivity contribution is -0.120. The van der Waals surface area contributed by atoms with Gasteiger partial charge in [-0.25, -0.2) is 16.8 Å². The van der Waals surface area contributed by atoms with Gasteiger partial charge in [-0.1, -0.05) is 48.4 Å². The smallest absolute Gasteiger partial charge is 0.264 e. The summed E-state index contributed by atoms with van der Waals surface area (Å²) in [5.74, 6) is -0.505. The molecule has 7 nitrogen and oxygen atoms in total. The highest BCUT2D eigenvalue weighted by Gasteiger charge is 2.28. The zero-order valence-corrected chi connectivity index (χ0v) is 22.0. The number of aryl methyl sites for hydroxylation is 1. The summed E-state index contributed by atoms with van der Waals surface area (Å²) in [6.07, 6.45) is 1.65. The Balaban J connectivity index is 1.88. The largest absolute Gasteiger partial charge is 0.348 e. The summed E-state index contributed by atoms with van der Waals surface area (Å²) in [5, 5.41) is 3.30. The Kier molecular flexibility index (Phi) is 8.25. The monoisotopic (exact) mass is 534 g/mol. The molecule has 3 aromatic rings. The van der Waals surface area contributed by atoms with Gasteiger partial charge in [-0.15, -0.1) is 0 Å². The van der Waals surface area contributed by atoms with Gasteiger partial charge in [0.15, 0.2) is 9.84 Å². The SMILES string of the molecule is CCC(NC(=O)CN(c1ccc(Cl)cc1)S(=O)(=O)c1ccc(C)cc1)c1ccc(S(C)(=O)=O)cc1. The molecule has 0 fully saturated rings. The third kappa shape index (κ3) is 6.62. The van der Waals surface area contributed by atoms with Gasteiger partial charge < -0.3 is 5.32 Å². The van der Waals surface area contributed by atoms with E-state index in [1.54, 1.807) is 48.5 Å². The second-order valence-corrected chi connectivity index (χ2v) is 12.5. The molecule has 3 aromatic carbocycles. The second kappa shape index (κ2) is 10.8. The van der Waals surface area contributed by atoms with Crippen molar-refractivity contribution in [1.29, 1.82) is 0 Å². The lowest BCUT2D eigenvalue weighted by Gasteiger charge is -2.26. The molecule has 0 aromatic heterocycles. The molecule has 1 unspecified atom stereocenters. The highest BCUT2D eigenvalue weighted by atomic mass is 35.5. The molecule has 3 rings (SSSR count). The fraction of sp³-hybridized carbons (Fsp3) is 0.240. The van der Waals surface area contributed by atoms with Gasteiger partial charge in [-0.2, -0.15) is 0 Å². The number of halogens is 1. The lowest BCUT2D eigenvalue weighted by atomic mass is 10.0. The van der Waals surface area contributed by atoms with Crippen LogP contribution in [0.1, 0.15) is 30.5 Å². The number of amides is 1. The first-order chi connectivity index (χ1) is 16.4. The van der Waals surface area contributed by atoms with Crippen LogP contribution in [-0.2, 0) is 24.7 Å². The highest BCUT2D eigenvalue weighted by Crippen LogP contribution is 2.26. The van der Waals surface area contributed by atoms with Gasteiger partial charge in [0.2, 0.25) is 5.91 Å². The number of hydrogen-bond acceptors (Lipinski definition) is 5. The standard InChI is InChI=1S/C25H27ClN2O5S2/c1-4-24(19-7-15-22(16-8-19)34(3,30)31)27-25(29)17-28(21-11-9-20(26)10-12-21)35(32,33)23-13-5-18(2)6-14-23/h5-16,24H,4,17H2,1-3H3,(H,27,29). The molecular weight excluding hydrogens is 508 g/mol. The number of nitrogens with zero attached hydrogens (tertiary/aromatic N) is 1. The molecular formula is C25H27ClN2O5S2. The van der Waals surface area contributed by atoms with Crippen LogP contribution in [0.4, 0.5) is 5.69 Å². The minimum atomic E-state index is -4.05. The van der Waals surface area contributed by atoms with E-state index in [1.165, 1.54) is 24.3 Å². The van der Waals surface area contributed by atoms with Crippen LogP contribution >= 0.6 is 11.6 Å². The number of carbonyl (C=O) groups is 1. The molecule has 35 heavy (non-hydrogen) atoms. The van der Waals surface area contributed by atoms with E-state index in [-0.39, 0.29) is 9.79 Å². The number of benzene rings is 3. The minimum absolute atomic E-state index is 0.0641. The molecule has 186 valence electrons. The third-order valence-electron chi connectivity index (χ3n) is 5.46. The molecule has 1 amide bonds. The molecule has 1 atom stereocenters. The van der Waals surface area contributed by atoms with Gasteiger partial charge in [-0.05, 0) is 67.4 Å². The number of hydrogen-bond donors (Lipinski definition) is 1. The number of sulfone groups is 1. The van der Waals surface area contributed by atoms with E-state index in [2.05, 4.69) is 5.32 Å². The maximum Gasteiger partial charge on any atom is 0.264 e. The predicted octanol–water partition coefficient (Wildman–Crippen LogP) is 4.51. The Morgan fingerprint density at radius 2 is 1.43 bits per heavy atom. The van der Waals surface area contributed by atoms with Crippen molar-refractivity contribution in [3.63, 3.8) is 0 Å². The number of sulfonamides is 1. The van der Waals surface area contributed by atoms with Crippen LogP contribution in [0, 0.1) is 6.92 Å². The van der Waals surface area contributed by atoms with E-state index in [1.807, 2.05) is 13.8 Å². The molecule has 0 aliphatic heterocycles. The predicted molar refractivity (Wildman–Crippen MR) is 138 cm³/mol. The van der Waals surface area contributed by atoms with Crippen LogP contribution in [0.15, 0.2) is 82.6 Å². The van der Waals surface area contributed by atoms with Crippen LogP contribution in [-0.4, -0.2) is 35.5 Å². The van der Waals surface area contributed by atoms with Gasteiger partial charge >= 0.3 is 0 Å². The molecule has 10 heteroatoms. The molecule has 0 bridgehead atoms. The topological polar surface area (TPSA) is 101 Å². The lowest BCUT2D eigenvalue weighted by Crippen LogP contribution is -2.42. The summed E-state index contributed by atoms with van der Waals surface area (Å²) >= 11 is 5.98. The second-order valence-electron chi connectivity index (χ2n) is 8.17. The van der Waals surface area contributed by atoms with Crippen LogP contribution in [0.3, 0.4) is 0 Å². The Morgan fingerprint density at radius 3 is 1.94 bits per heavy atom. The van der Waals surface area contributed by atoms with Gasteiger partial charge in [0.25, 0.3) is 10.0 Å². The van der Waals surface area contributed by atoms with Gasteiger partial charge in [0.05, 0.1) is 21.5 Å². The van der Waals surface area contributed by atoms with Gasteiger partial charge in [0, 0.05) is 11.3 Å². The van der Waals surface area contributed by atoms with E-state index in [0.29, 0.717) is 22.7 Å². The zero-order valence-electron chi connectivity index (χ0n) is 19.6. The Bertz CT molecular complexity index is 1390. The molecule has 0 saturated heterocycles. The Labute approximate surface area is 211 Å². The van der Waals surface area contributed by atoms with Crippen molar-refractivity contribution < 1.29 is 21.6 Å². The van der Waals surface area contributed by atoms with Crippen molar-refractivity contribution in [3.8, 4) is 0 Å². The quantitative estimate of drug-likeness (QED) is 0.435. The van der Waals surface area contributed by atoms with Gasteiger partial charge in [-0.3, -0.25) is 9.10 Å². The maximum atomic E-state index is 13.5. The third-order valence-corrected chi connectivity index (χ3v) is 8.63.